The van der Waals surface area contributed by atoms with E-state index >= 15 is 0 Å². The lowest BCUT2D eigenvalue weighted by molar-refractivity contribution is -0.138. The van der Waals surface area contributed by atoms with Gasteiger partial charge in [-0.05, 0) is 35.9 Å². The Morgan fingerprint density at radius 1 is 1.03 bits per heavy atom. The number of para-hydroxylation sites is 1. The fourth-order valence-corrected chi connectivity index (χ4v) is 4.47. The lowest BCUT2D eigenvalue weighted by atomic mass is 10.0. The Morgan fingerprint density at radius 3 is 2.65 bits per heavy atom. The zero-order chi connectivity index (χ0) is 25.9. The molecule has 1 atom stereocenters. The number of aryl methyl sites for hydroxylation is 1. The van der Waals surface area contributed by atoms with Crippen LogP contribution in [0.2, 0.25) is 0 Å². The molecule has 1 amide bonds. The lowest BCUT2D eigenvalue weighted by Crippen LogP contribution is -2.52. The fourth-order valence-electron chi connectivity index (χ4n) is 4.47. The Morgan fingerprint density at radius 2 is 1.86 bits per heavy atom. The van der Waals surface area contributed by atoms with Crippen LogP contribution in [0.3, 0.4) is 0 Å². The van der Waals surface area contributed by atoms with Crippen molar-refractivity contribution in [3.63, 3.8) is 0 Å². The summed E-state index contributed by atoms with van der Waals surface area (Å²) < 4.78 is 18.8. The number of ether oxygens (including phenoxy) is 3. The van der Waals surface area contributed by atoms with E-state index in [-0.39, 0.29) is 25.7 Å². The summed E-state index contributed by atoms with van der Waals surface area (Å²) in [7, 11) is 1.50. The van der Waals surface area contributed by atoms with Gasteiger partial charge < -0.3 is 24.2 Å². The van der Waals surface area contributed by atoms with Gasteiger partial charge in [-0.3, -0.25) is 14.4 Å². The molecule has 0 unspecified atom stereocenters. The minimum atomic E-state index is -1.24. The van der Waals surface area contributed by atoms with Gasteiger partial charge >= 0.3 is 0 Å². The number of aromatic nitrogens is 2. The predicted molar refractivity (Wildman–Crippen MR) is 139 cm³/mol. The molecule has 9 heteroatoms. The van der Waals surface area contributed by atoms with Crippen molar-refractivity contribution in [1.82, 2.24) is 19.6 Å². The summed E-state index contributed by atoms with van der Waals surface area (Å²) in [6.07, 6.45) is 4.57. The van der Waals surface area contributed by atoms with Crippen LogP contribution in [0.5, 0.6) is 11.5 Å². The summed E-state index contributed by atoms with van der Waals surface area (Å²) in [5, 5.41) is 15.8. The largest absolute Gasteiger partial charge is 0.494 e. The van der Waals surface area contributed by atoms with Crippen LogP contribution in [-0.2, 0) is 22.6 Å². The molecule has 0 spiro atoms. The summed E-state index contributed by atoms with van der Waals surface area (Å²) in [4.78, 5) is 16.5. The average Bonchev–Trinajstić information content (AvgIpc) is 3.36. The molecule has 1 saturated heterocycles. The van der Waals surface area contributed by atoms with Crippen molar-refractivity contribution in [2.45, 2.75) is 25.1 Å². The number of nitrogens with zero attached hydrogens (tertiary/aromatic N) is 4. The van der Waals surface area contributed by atoms with Crippen molar-refractivity contribution in [2.75, 3.05) is 53.1 Å². The van der Waals surface area contributed by atoms with Crippen molar-refractivity contribution >= 4 is 5.91 Å². The van der Waals surface area contributed by atoms with Crippen LogP contribution in [0, 0.1) is 0 Å². The SMILES string of the molecule is COCC(=O)N1CCN(Cc2cccc(OCCCn3cccn3)c2)C[C@@](O)(COc2ccccc2)C1. The molecule has 4 rings (SSSR count). The van der Waals surface area contributed by atoms with Crippen molar-refractivity contribution in [3.05, 3.63) is 78.6 Å². The molecular weight excluding hydrogens is 472 g/mol. The number of rotatable bonds is 12. The van der Waals surface area contributed by atoms with Gasteiger partial charge in [0.1, 0.15) is 30.3 Å². The highest BCUT2D eigenvalue weighted by Gasteiger charge is 2.37. The van der Waals surface area contributed by atoms with E-state index in [1.165, 1.54) is 7.11 Å². The highest BCUT2D eigenvalue weighted by atomic mass is 16.5. The number of amides is 1. The molecule has 37 heavy (non-hydrogen) atoms. The van der Waals surface area contributed by atoms with Gasteiger partial charge in [-0.2, -0.15) is 5.10 Å². The van der Waals surface area contributed by atoms with Crippen LogP contribution in [0.15, 0.2) is 73.1 Å². The standard InChI is InChI=1S/C28H36N4O5/c1-35-20-27(33)31-16-15-30(21-28(34,22-31)23-37-25-9-3-2-4-10-25)19-24-8-5-11-26(18-24)36-17-7-14-32-13-6-12-29-32/h2-6,8-13,18,34H,7,14-17,19-23H2,1H3/t28-/m0/s1. The first-order valence-electron chi connectivity index (χ1n) is 12.6. The molecule has 0 bridgehead atoms. The van der Waals surface area contributed by atoms with Crippen LogP contribution < -0.4 is 9.47 Å². The number of hydrogen-bond donors (Lipinski definition) is 1. The van der Waals surface area contributed by atoms with E-state index in [1.54, 1.807) is 11.1 Å². The molecule has 2 heterocycles. The minimum absolute atomic E-state index is 0.0184. The highest BCUT2D eigenvalue weighted by molar-refractivity contribution is 5.77. The van der Waals surface area contributed by atoms with Gasteiger partial charge in [-0.25, -0.2) is 0 Å². The fraction of sp³-hybridized carbons (Fsp3) is 0.429. The number of β-amino-alcohol motifs (C(OH)–C–C–N with tert-alkyl or cyclic N) is 1. The summed E-state index contributed by atoms with van der Waals surface area (Å²) in [6.45, 7) is 3.74. The normalized spacial score (nSPS) is 18.4. The smallest absolute Gasteiger partial charge is 0.248 e. The first kappa shape index (κ1) is 26.7. The Hall–Kier alpha value is -3.40. The Bertz CT molecular complexity index is 1090. The second-order valence-corrected chi connectivity index (χ2v) is 9.40. The van der Waals surface area contributed by atoms with E-state index in [2.05, 4.69) is 16.1 Å². The molecule has 3 aromatic rings. The van der Waals surface area contributed by atoms with Gasteiger partial charge in [0.2, 0.25) is 5.91 Å². The van der Waals surface area contributed by atoms with Gasteiger partial charge in [-0.15, -0.1) is 0 Å². The van der Waals surface area contributed by atoms with Crippen LogP contribution >= 0.6 is 0 Å². The van der Waals surface area contributed by atoms with E-state index in [1.807, 2.05) is 65.5 Å². The van der Waals surface area contributed by atoms with E-state index in [0.717, 1.165) is 24.3 Å². The second-order valence-electron chi connectivity index (χ2n) is 9.40. The van der Waals surface area contributed by atoms with Gasteiger partial charge in [0.25, 0.3) is 0 Å². The molecule has 0 aliphatic carbocycles. The molecular formula is C28H36N4O5. The number of hydrogen-bond acceptors (Lipinski definition) is 7. The van der Waals surface area contributed by atoms with Gasteiger partial charge in [0.05, 0.1) is 13.2 Å². The molecule has 2 aromatic carbocycles. The van der Waals surface area contributed by atoms with Gasteiger partial charge in [0, 0.05) is 58.6 Å². The lowest BCUT2D eigenvalue weighted by Gasteiger charge is -2.33. The van der Waals surface area contributed by atoms with Crippen LogP contribution in [-0.4, -0.2) is 89.3 Å². The number of benzene rings is 2. The third-order valence-corrected chi connectivity index (χ3v) is 6.22. The average molecular weight is 509 g/mol. The predicted octanol–water partition coefficient (Wildman–Crippen LogP) is 2.45. The molecule has 0 radical (unpaired) electrons. The maximum Gasteiger partial charge on any atom is 0.248 e. The third-order valence-electron chi connectivity index (χ3n) is 6.22. The number of methoxy groups -OCH3 is 1. The first-order chi connectivity index (χ1) is 18.0. The molecule has 9 nitrogen and oxygen atoms in total. The number of carbonyl (C=O) groups excluding carboxylic acids is 1. The van der Waals surface area contributed by atoms with E-state index in [0.29, 0.717) is 38.5 Å². The van der Waals surface area contributed by atoms with Gasteiger partial charge in [-0.1, -0.05) is 30.3 Å². The topological polar surface area (TPSA) is 89.3 Å². The summed E-state index contributed by atoms with van der Waals surface area (Å²) in [5.74, 6) is 1.35. The maximum absolute atomic E-state index is 12.6. The second kappa shape index (κ2) is 13.2. The van der Waals surface area contributed by atoms with Crippen LogP contribution in [0.25, 0.3) is 0 Å². The molecule has 198 valence electrons. The highest BCUT2D eigenvalue weighted by Crippen LogP contribution is 2.21. The minimum Gasteiger partial charge on any atom is -0.494 e. The zero-order valence-corrected chi connectivity index (χ0v) is 21.4. The number of carbonyl (C=O) groups is 1. The molecule has 0 saturated carbocycles. The molecule has 1 aliphatic rings. The van der Waals surface area contributed by atoms with Crippen LogP contribution in [0.1, 0.15) is 12.0 Å². The molecule has 1 aliphatic heterocycles. The Labute approximate surface area is 218 Å². The first-order valence-corrected chi connectivity index (χ1v) is 12.6. The molecule has 1 aromatic heterocycles. The van der Waals surface area contributed by atoms with Gasteiger partial charge in [0.15, 0.2) is 0 Å². The monoisotopic (exact) mass is 508 g/mol. The van der Waals surface area contributed by atoms with E-state index in [9.17, 15) is 9.90 Å². The summed E-state index contributed by atoms with van der Waals surface area (Å²) >= 11 is 0. The summed E-state index contributed by atoms with van der Waals surface area (Å²) in [5.41, 5.74) is -0.163. The third kappa shape index (κ3) is 8.31. The Kier molecular flexibility index (Phi) is 9.53. The Balaban J connectivity index is 1.38. The van der Waals surface area contributed by atoms with Crippen LogP contribution in [0.4, 0.5) is 0 Å². The van der Waals surface area contributed by atoms with Crippen molar-refractivity contribution in [1.29, 1.82) is 0 Å². The molecule has 1 fully saturated rings. The maximum atomic E-state index is 12.6. The van der Waals surface area contributed by atoms with E-state index < -0.39 is 5.60 Å². The zero-order valence-electron chi connectivity index (χ0n) is 21.4. The van der Waals surface area contributed by atoms with Crippen molar-refractivity contribution < 1.29 is 24.1 Å². The van der Waals surface area contributed by atoms with Crippen molar-refractivity contribution in [2.24, 2.45) is 0 Å². The summed E-state index contributed by atoms with van der Waals surface area (Å²) in [6, 6.07) is 19.3. The van der Waals surface area contributed by atoms with Crippen molar-refractivity contribution in [3.8, 4) is 11.5 Å². The quantitative estimate of drug-likeness (QED) is 0.376. The van der Waals surface area contributed by atoms with E-state index in [4.69, 9.17) is 14.2 Å². The molecule has 1 N–H and O–H groups in total. The number of aliphatic hydroxyl groups is 1.